The van der Waals surface area contributed by atoms with Crippen molar-refractivity contribution in [3.8, 4) is 0 Å². The van der Waals surface area contributed by atoms with E-state index in [9.17, 15) is 8.42 Å². The normalized spacial score (nSPS) is 26.3. The van der Waals surface area contributed by atoms with Crippen molar-refractivity contribution in [3.05, 3.63) is 0 Å². The zero-order valence-corrected chi connectivity index (χ0v) is 10.8. The lowest BCUT2D eigenvalue weighted by molar-refractivity contribution is 0.283. The van der Waals surface area contributed by atoms with Crippen LogP contribution in [0.3, 0.4) is 0 Å². The summed E-state index contributed by atoms with van der Waals surface area (Å²) in [6.45, 7) is 3.56. The van der Waals surface area contributed by atoms with Crippen LogP contribution in [0.25, 0.3) is 0 Å². The molecule has 1 aliphatic heterocycles. The topological polar surface area (TPSA) is 49.4 Å². The molecule has 2 rings (SSSR count). The van der Waals surface area contributed by atoms with Gasteiger partial charge in [-0.15, -0.1) is 0 Å². The zero-order chi connectivity index (χ0) is 11.6. The van der Waals surface area contributed by atoms with Gasteiger partial charge in [-0.1, -0.05) is 19.8 Å². The molecule has 0 unspecified atom stereocenters. The Morgan fingerprint density at radius 1 is 1.06 bits per heavy atom. The summed E-state index contributed by atoms with van der Waals surface area (Å²) < 4.78 is 28.6. The predicted molar refractivity (Wildman–Crippen MR) is 64.3 cm³/mol. The average molecular weight is 246 g/mol. The van der Waals surface area contributed by atoms with Gasteiger partial charge in [0.1, 0.15) is 0 Å². The first-order chi connectivity index (χ1) is 7.58. The highest BCUT2D eigenvalue weighted by Crippen LogP contribution is 2.21. The van der Waals surface area contributed by atoms with Crippen molar-refractivity contribution < 1.29 is 8.42 Å². The molecule has 1 aliphatic carbocycles. The third kappa shape index (κ3) is 2.96. The fourth-order valence-electron chi connectivity index (χ4n) is 2.55. The Bertz CT molecular complexity index is 315. The van der Waals surface area contributed by atoms with Crippen LogP contribution in [-0.4, -0.2) is 31.9 Å². The summed E-state index contributed by atoms with van der Waals surface area (Å²) in [6, 6.07) is 0.185. The second kappa shape index (κ2) is 5.02. The number of nitrogens with one attached hydrogen (secondary N) is 1. The van der Waals surface area contributed by atoms with E-state index in [4.69, 9.17) is 0 Å². The van der Waals surface area contributed by atoms with Crippen LogP contribution in [0.2, 0.25) is 0 Å². The van der Waals surface area contributed by atoms with E-state index >= 15 is 0 Å². The lowest BCUT2D eigenvalue weighted by atomic mass is 10.0. The minimum absolute atomic E-state index is 0.185. The minimum Gasteiger partial charge on any atom is -0.199 e. The Hall–Kier alpha value is -0.130. The molecule has 0 atom stereocenters. The summed E-state index contributed by atoms with van der Waals surface area (Å²) in [5.74, 6) is 0.665. The summed E-state index contributed by atoms with van der Waals surface area (Å²) in [4.78, 5) is 0. The number of hydrogen-bond acceptors (Lipinski definition) is 2. The zero-order valence-electron chi connectivity index (χ0n) is 9.98. The molecule has 0 aromatic carbocycles. The Labute approximate surface area is 98.6 Å². The first kappa shape index (κ1) is 12.3. The van der Waals surface area contributed by atoms with Gasteiger partial charge in [0.2, 0.25) is 0 Å². The van der Waals surface area contributed by atoms with Crippen LogP contribution >= 0.6 is 0 Å². The van der Waals surface area contributed by atoms with Gasteiger partial charge in [0.05, 0.1) is 0 Å². The van der Waals surface area contributed by atoms with E-state index < -0.39 is 10.2 Å². The second-order valence-corrected chi connectivity index (χ2v) is 6.89. The van der Waals surface area contributed by atoms with Crippen LogP contribution in [0.5, 0.6) is 0 Å². The minimum atomic E-state index is -3.21. The van der Waals surface area contributed by atoms with Gasteiger partial charge in [-0.25, -0.2) is 0 Å². The van der Waals surface area contributed by atoms with Gasteiger partial charge in [0, 0.05) is 19.1 Å². The summed E-state index contributed by atoms with van der Waals surface area (Å²) in [7, 11) is -3.21. The molecule has 16 heavy (non-hydrogen) atoms. The maximum Gasteiger partial charge on any atom is 0.279 e. The fraction of sp³-hybridized carbons (Fsp3) is 1.00. The number of rotatable bonds is 3. The molecule has 1 N–H and O–H groups in total. The molecule has 0 spiro atoms. The van der Waals surface area contributed by atoms with Crippen molar-refractivity contribution >= 4 is 10.2 Å². The van der Waals surface area contributed by atoms with Gasteiger partial charge < -0.3 is 0 Å². The maximum absolute atomic E-state index is 12.1. The molecule has 1 heterocycles. The second-order valence-electron chi connectivity index (χ2n) is 5.19. The van der Waals surface area contributed by atoms with Gasteiger partial charge in [0.25, 0.3) is 10.2 Å². The molecule has 1 saturated heterocycles. The van der Waals surface area contributed by atoms with Crippen molar-refractivity contribution in [1.82, 2.24) is 9.03 Å². The number of piperidine rings is 1. The highest BCUT2D eigenvalue weighted by molar-refractivity contribution is 7.87. The van der Waals surface area contributed by atoms with E-state index in [1.807, 2.05) is 0 Å². The molecular weight excluding hydrogens is 224 g/mol. The lowest BCUT2D eigenvalue weighted by Gasteiger charge is -2.30. The molecule has 1 saturated carbocycles. The standard InChI is InChI=1S/C11H22N2O2S/c1-10-6-8-13(9-7-10)16(14,15)12-11-4-2-3-5-11/h10-12H,2-9H2,1H3. The van der Waals surface area contributed by atoms with E-state index in [1.165, 1.54) is 0 Å². The highest BCUT2D eigenvalue weighted by atomic mass is 32.2. The molecule has 0 aromatic heterocycles. The van der Waals surface area contributed by atoms with Crippen LogP contribution in [0.4, 0.5) is 0 Å². The van der Waals surface area contributed by atoms with Gasteiger partial charge >= 0.3 is 0 Å². The van der Waals surface area contributed by atoms with Gasteiger partial charge in [0.15, 0.2) is 0 Å². The Morgan fingerprint density at radius 2 is 1.62 bits per heavy atom. The SMILES string of the molecule is CC1CCN(S(=O)(=O)NC2CCCC2)CC1. The van der Waals surface area contributed by atoms with Crippen LogP contribution < -0.4 is 4.72 Å². The van der Waals surface area contributed by atoms with Gasteiger partial charge in [-0.3, -0.25) is 0 Å². The molecule has 2 aliphatic rings. The van der Waals surface area contributed by atoms with Crippen molar-refractivity contribution in [2.75, 3.05) is 13.1 Å². The van der Waals surface area contributed by atoms with E-state index in [-0.39, 0.29) is 6.04 Å². The molecular formula is C11H22N2O2S. The maximum atomic E-state index is 12.1. The van der Waals surface area contributed by atoms with E-state index in [1.54, 1.807) is 4.31 Å². The summed E-state index contributed by atoms with van der Waals surface area (Å²) in [6.07, 6.45) is 6.30. The molecule has 5 heteroatoms. The number of nitrogens with zero attached hydrogens (tertiary/aromatic N) is 1. The monoisotopic (exact) mass is 246 g/mol. The Morgan fingerprint density at radius 3 is 2.19 bits per heavy atom. The quantitative estimate of drug-likeness (QED) is 0.820. The molecule has 0 amide bonds. The Balaban J connectivity index is 1.90. The first-order valence-corrected chi connectivity index (χ1v) is 7.79. The smallest absolute Gasteiger partial charge is 0.199 e. The van der Waals surface area contributed by atoms with Gasteiger partial charge in [-0.2, -0.15) is 17.4 Å². The fourth-order valence-corrected chi connectivity index (χ4v) is 4.05. The van der Waals surface area contributed by atoms with Gasteiger partial charge in [-0.05, 0) is 31.6 Å². The van der Waals surface area contributed by atoms with Crippen molar-refractivity contribution in [1.29, 1.82) is 0 Å². The Kier molecular flexibility index (Phi) is 3.87. The van der Waals surface area contributed by atoms with Crippen LogP contribution in [0, 0.1) is 5.92 Å². The molecule has 0 aromatic rings. The average Bonchev–Trinajstić information content (AvgIpc) is 2.70. The molecule has 2 fully saturated rings. The molecule has 4 nitrogen and oxygen atoms in total. The molecule has 0 radical (unpaired) electrons. The summed E-state index contributed by atoms with van der Waals surface area (Å²) >= 11 is 0. The van der Waals surface area contributed by atoms with Crippen LogP contribution in [0.15, 0.2) is 0 Å². The lowest BCUT2D eigenvalue weighted by Crippen LogP contribution is -2.47. The number of hydrogen-bond donors (Lipinski definition) is 1. The van der Waals surface area contributed by atoms with Crippen molar-refractivity contribution in [2.45, 2.75) is 51.5 Å². The largest absolute Gasteiger partial charge is 0.279 e. The van der Waals surface area contributed by atoms with Crippen molar-refractivity contribution in [3.63, 3.8) is 0 Å². The van der Waals surface area contributed by atoms with Crippen LogP contribution in [0.1, 0.15) is 45.4 Å². The summed E-state index contributed by atoms with van der Waals surface area (Å²) in [5, 5.41) is 0. The third-order valence-electron chi connectivity index (χ3n) is 3.75. The third-order valence-corrected chi connectivity index (χ3v) is 5.43. The molecule has 94 valence electrons. The first-order valence-electron chi connectivity index (χ1n) is 6.35. The summed E-state index contributed by atoms with van der Waals surface area (Å²) in [5.41, 5.74) is 0. The highest BCUT2D eigenvalue weighted by Gasteiger charge is 2.29. The van der Waals surface area contributed by atoms with E-state index in [0.29, 0.717) is 19.0 Å². The van der Waals surface area contributed by atoms with E-state index in [2.05, 4.69) is 11.6 Å². The van der Waals surface area contributed by atoms with Crippen LogP contribution in [-0.2, 0) is 10.2 Å². The van der Waals surface area contributed by atoms with E-state index in [0.717, 1.165) is 38.5 Å². The van der Waals surface area contributed by atoms with Crippen molar-refractivity contribution in [2.24, 2.45) is 5.92 Å². The predicted octanol–water partition coefficient (Wildman–Crippen LogP) is 1.50. The molecule has 0 bridgehead atoms.